The van der Waals surface area contributed by atoms with Crippen LogP contribution in [-0.2, 0) is 4.74 Å². The minimum atomic E-state index is -0.646. The average Bonchev–Trinajstić information content (AvgIpc) is 3.02. The number of hydrogen-bond acceptors (Lipinski definition) is 9. The molecule has 0 saturated carbocycles. The number of thiazole rings is 1. The molecule has 0 spiro atoms. The fraction of sp³-hybridized carbons (Fsp3) is 0.545. The van der Waals surface area contributed by atoms with Gasteiger partial charge in [-0.3, -0.25) is 20.4 Å². The van der Waals surface area contributed by atoms with Crippen molar-refractivity contribution >= 4 is 33.5 Å². The number of aromatic nitrogens is 1. The van der Waals surface area contributed by atoms with Crippen LogP contribution in [0.15, 0.2) is 11.2 Å². The first-order valence-electron chi connectivity index (χ1n) is 6.43. The van der Waals surface area contributed by atoms with Crippen LogP contribution in [0.3, 0.4) is 0 Å². The molecule has 0 atom stereocenters. The molecule has 0 aliphatic carbocycles. The molecule has 0 unspecified atom stereocenters. The number of carbonyl (C=O) groups excluding carboxylic acids is 1. The average molecular weight is 328 g/mol. The highest BCUT2D eigenvalue weighted by Crippen LogP contribution is 2.29. The number of hydrazine groups is 1. The van der Waals surface area contributed by atoms with Crippen molar-refractivity contribution in [1.82, 2.24) is 15.8 Å². The molecule has 0 bridgehead atoms. The minimum absolute atomic E-state index is 0.0543. The molecule has 0 saturated heterocycles. The zero-order chi connectivity index (χ0) is 16.3. The summed E-state index contributed by atoms with van der Waals surface area (Å²) in [5, 5.41) is 11.1. The first kappa shape index (κ1) is 15.9. The molecule has 1 aromatic rings. The SMILES string of the molecule is CC(C)(C)OC(=O)NNC1=NCCN1c1ncc([N+](=O)[O-])s1. The van der Waals surface area contributed by atoms with Crippen LogP contribution in [0.1, 0.15) is 20.8 Å². The van der Waals surface area contributed by atoms with E-state index in [1.54, 1.807) is 25.7 Å². The highest BCUT2D eigenvalue weighted by atomic mass is 32.1. The van der Waals surface area contributed by atoms with Crippen LogP contribution < -0.4 is 15.8 Å². The molecular weight excluding hydrogens is 312 g/mol. The molecular formula is C11H16N6O4S. The Morgan fingerprint density at radius 2 is 2.27 bits per heavy atom. The largest absolute Gasteiger partial charge is 0.443 e. The molecule has 1 amide bonds. The summed E-state index contributed by atoms with van der Waals surface area (Å²) in [5.74, 6) is 0.357. The molecule has 11 heteroatoms. The standard InChI is InChI=1S/C11H16N6O4S/c1-11(2,3)21-10(18)15-14-8-12-4-5-16(8)9-13-6-7(22-9)17(19)20/h6H,4-5H2,1-3H3,(H,12,14)(H,15,18). The summed E-state index contributed by atoms with van der Waals surface area (Å²) in [7, 11) is 0. The lowest BCUT2D eigenvalue weighted by Gasteiger charge is -2.21. The highest BCUT2D eigenvalue weighted by molar-refractivity contribution is 7.18. The number of nitrogens with one attached hydrogen (secondary N) is 2. The van der Waals surface area contributed by atoms with Crippen LogP contribution >= 0.6 is 11.3 Å². The number of rotatable bonds is 2. The summed E-state index contributed by atoms with van der Waals surface area (Å²) in [5.41, 5.74) is 4.40. The Bertz CT molecular complexity index is 608. The maximum Gasteiger partial charge on any atom is 0.426 e. The predicted molar refractivity (Wildman–Crippen MR) is 80.9 cm³/mol. The lowest BCUT2D eigenvalue weighted by atomic mass is 10.2. The van der Waals surface area contributed by atoms with E-state index in [0.29, 0.717) is 24.2 Å². The predicted octanol–water partition coefficient (Wildman–Crippen LogP) is 1.26. The van der Waals surface area contributed by atoms with Gasteiger partial charge in [0.25, 0.3) is 0 Å². The van der Waals surface area contributed by atoms with E-state index >= 15 is 0 Å². The van der Waals surface area contributed by atoms with E-state index in [-0.39, 0.29) is 5.00 Å². The number of nitrogens with zero attached hydrogens (tertiary/aromatic N) is 4. The van der Waals surface area contributed by atoms with Gasteiger partial charge in [0.1, 0.15) is 11.8 Å². The van der Waals surface area contributed by atoms with E-state index in [2.05, 4.69) is 20.8 Å². The van der Waals surface area contributed by atoms with Gasteiger partial charge in [0.2, 0.25) is 5.96 Å². The van der Waals surface area contributed by atoms with E-state index < -0.39 is 16.6 Å². The summed E-state index contributed by atoms with van der Waals surface area (Å²) < 4.78 is 5.09. The van der Waals surface area contributed by atoms with Gasteiger partial charge in [0.15, 0.2) is 5.13 Å². The van der Waals surface area contributed by atoms with Gasteiger partial charge in [-0.25, -0.2) is 20.2 Å². The number of ether oxygens (including phenoxy) is 1. The van der Waals surface area contributed by atoms with Crippen molar-refractivity contribution < 1.29 is 14.5 Å². The number of hydrogen-bond donors (Lipinski definition) is 2. The van der Waals surface area contributed by atoms with Gasteiger partial charge in [-0.1, -0.05) is 0 Å². The van der Waals surface area contributed by atoms with Crippen LogP contribution in [0.5, 0.6) is 0 Å². The maximum absolute atomic E-state index is 11.6. The smallest absolute Gasteiger partial charge is 0.426 e. The van der Waals surface area contributed by atoms with Gasteiger partial charge in [-0.15, -0.1) is 0 Å². The molecule has 0 fully saturated rings. The van der Waals surface area contributed by atoms with Gasteiger partial charge in [-0.2, -0.15) is 0 Å². The maximum atomic E-state index is 11.6. The van der Waals surface area contributed by atoms with Crippen LogP contribution in [0.25, 0.3) is 0 Å². The molecule has 10 nitrogen and oxygen atoms in total. The molecule has 120 valence electrons. The summed E-state index contributed by atoms with van der Waals surface area (Å²) in [4.78, 5) is 31.6. The fourth-order valence-corrected chi connectivity index (χ4v) is 2.38. The molecule has 1 aromatic heterocycles. The number of amides is 1. The van der Waals surface area contributed by atoms with Crippen LogP contribution in [0, 0.1) is 10.1 Å². The van der Waals surface area contributed by atoms with Gasteiger partial charge in [0.05, 0.1) is 11.5 Å². The Morgan fingerprint density at radius 3 is 2.86 bits per heavy atom. The molecule has 2 heterocycles. The Morgan fingerprint density at radius 1 is 1.55 bits per heavy atom. The normalized spacial score (nSPS) is 14.5. The van der Waals surface area contributed by atoms with Crippen molar-refractivity contribution in [3.63, 3.8) is 0 Å². The van der Waals surface area contributed by atoms with E-state index in [9.17, 15) is 14.9 Å². The summed E-state index contributed by atoms with van der Waals surface area (Å²) >= 11 is 0.937. The Labute approximate surface area is 130 Å². The van der Waals surface area contributed by atoms with E-state index in [1.807, 2.05) is 0 Å². The van der Waals surface area contributed by atoms with E-state index in [1.165, 1.54) is 6.20 Å². The fourth-order valence-electron chi connectivity index (χ4n) is 1.62. The first-order valence-corrected chi connectivity index (χ1v) is 7.25. The van der Waals surface area contributed by atoms with Crippen LogP contribution in [0.4, 0.5) is 14.9 Å². The van der Waals surface area contributed by atoms with Crippen molar-refractivity contribution in [3.05, 3.63) is 16.3 Å². The van der Waals surface area contributed by atoms with Gasteiger partial charge in [-0.05, 0) is 32.1 Å². The van der Waals surface area contributed by atoms with Crippen molar-refractivity contribution in [1.29, 1.82) is 0 Å². The molecule has 0 radical (unpaired) electrons. The quantitative estimate of drug-likeness (QED) is 0.619. The van der Waals surface area contributed by atoms with Crippen molar-refractivity contribution in [2.75, 3.05) is 18.0 Å². The summed E-state index contributed by atoms with van der Waals surface area (Å²) in [6.45, 7) is 6.26. The minimum Gasteiger partial charge on any atom is -0.443 e. The van der Waals surface area contributed by atoms with Gasteiger partial charge in [0, 0.05) is 6.54 Å². The number of aliphatic imine (C=N–C) groups is 1. The number of guanidine groups is 1. The van der Waals surface area contributed by atoms with E-state index in [4.69, 9.17) is 4.74 Å². The zero-order valence-electron chi connectivity index (χ0n) is 12.3. The molecule has 2 rings (SSSR count). The molecule has 1 aliphatic rings. The molecule has 2 N–H and O–H groups in total. The van der Waals surface area contributed by atoms with Crippen molar-refractivity contribution in [2.24, 2.45) is 4.99 Å². The molecule has 1 aliphatic heterocycles. The lowest BCUT2D eigenvalue weighted by molar-refractivity contribution is -0.380. The number of nitro groups is 1. The van der Waals surface area contributed by atoms with Crippen LogP contribution in [-0.4, -0.2) is 40.7 Å². The zero-order valence-corrected chi connectivity index (χ0v) is 13.1. The monoisotopic (exact) mass is 328 g/mol. The Kier molecular flexibility index (Phi) is 4.45. The second kappa shape index (κ2) is 6.13. The number of carbonyl (C=O) groups is 1. The molecule has 22 heavy (non-hydrogen) atoms. The Balaban J connectivity index is 1.96. The second-order valence-electron chi connectivity index (χ2n) is 5.35. The Hall–Kier alpha value is -2.43. The lowest BCUT2D eigenvalue weighted by Crippen LogP contribution is -2.49. The third-order valence-corrected chi connectivity index (χ3v) is 3.38. The van der Waals surface area contributed by atoms with Crippen molar-refractivity contribution in [3.8, 4) is 0 Å². The number of anilines is 1. The first-order chi connectivity index (χ1) is 10.3. The van der Waals surface area contributed by atoms with Gasteiger partial charge < -0.3 is 4.74 Å². The van der Waals surface area contributed by atoms with Gasteiger partial charge >= 0.3 is 11.1 Å². The third-order valence-electron chi connectivity index (χ3n) is 2.41. The topological polar surface area (TPSA) is 122 Å². The third kappa shape index (κ3) is 4.04. The molecule has 0 aromatic carbocycles. The van der Waals surface area contributed by atoms with Crippen molar-refractivity contribution in [2.45, 2.75) is 26.4 Å². The summed E-state index contributed by atoms with van der Waals surface area (Å²) in [6.07, 6.45) is 0.546. The summed E-state index contributed by atoms with van der Waals surface area (Å²) in [6, 6.07) is 0. The van der Waals surface area contributed by atoms with Crippen LogP contribution in [0.2, 0.25) is 0 Å². The van der Waals surface area contributed by atoms with E-state index in [0.717, 1.165) is 11.3 Å². The highest BCUT2D eigenvalue weighted by Gasteiger charge is 2.25. The second-order valence-corrected chi connectivity index (χ2v) is 6.33.